The minimum atomic E-state index is -3.50. The second-order valence-electron chi connectivity index (χ2n) is 4.82. The predicted octanol–water partition coefficient (Wildman–Crippen LogP) is 1.74. The number of aromatic nitrogens is 1. The normalized spacial score (nSPS) is 11.8. The van der Waals surface area contributed by atoms with Crippen LogP contribution in [0.3, 0.4) is 0 Å². The number of rotatable bonds is 6. The van der Waals surface area contributed by atoms with Crippen LogP contribution >= 0.6 is 11.3 Å². The van der Waals surface area contributed by atoms with Crippen LogP contribution in [0.2, 0.25) is 0 Å². The maximum absolute atomic E-state index is 12.2. The average molecular weight is 325 g/mol. The molecule has 1 heterocycles. The van der Waals surface area contributed by atoms with E-state index >= 15 is 0 Å². The van der Waals surface area contributed by atoms with Crippen LogP contribution in [-0.4, -0.2) is 19.9 Å². The number of nitrogens with two attached hydrogens (primary N) is 1. The van der Waals surface area contributed by atoms with Crippen molar-refractivity contribution >= 4 is 21.4 Å². The van der Waals surface area contributed by atoms with E-state index in [1.165, 1.54) is 0 Å². The Balaban J connectivity index is 2.04. The molecular formula is C14H19N3O2S2. The van der Waals surface area contributed by atoms with Crippen LogP contribution < -0.4 is 10.5 Å². The van der Waals surface area contributed by atoms with E-state index in [1.807, 2.05) is 19.2 Å². The molecule has 21 heavy (non-hydrogen) atoms. The van der Waals surface area contributed by atoms with Gasteiger partial charge in [-0.05, 0) is 37.1 Å². The first-order valence-corrected chi connectivity index (χ1v) is 8.99. The van der Waals surface area contributed by atoms with Gasteiger partial charge in [-0.25, -0.2) is 18.1 Å². The fourth-order valence-electron chi connectivity index (χ4n) is 1.93. The van der Waals surface area contributed by atoms with Crippen molar-refractivity contribution < 1.29 is 8.42 Å². The van der Waals surface area contributed by atoms with Crippen molar-refractivity contribution in [2.45, 2.75) is 31.7 Å². The molecule has 0 bridgehead atoms. The summed E-state index contributed by atoms with van der Waals surface area (Å²) in [6.45, 7) is 4.50. The van der Waals surface area contributed by atoms with Crippen LogP contribution in [0.25, 0.3) is 0 Å². The fraction of sp³-hybridized carbons (Fsp3) is 0.357. The Labute approximate surface area is 129 Å². The van der Waals surface area contributed by atoms with Gasteiger partial charge in [-0.1, -0.05) is 6.07 Å². The van der Waals surface area contributed by atoms with Crippen molar-refractivity contribution in [1.82, 2.24) is 9.71 Å². The van der Waals surface area contributed by atoms with E-state index in [1.54, 1.807) is 29.5 Å². The van der Waals surface area contributed by atoms with Crippen molar-refractivity contribution in [3.8, 4) is 0 Å². The monoisotopic (exact) mass is 325 g/mol. The molecular weight excluding hydrogens is 306 g/mol. The van der Waals surface area contributed by atoms with Crippen molar-refractivity contribution in [2.75, 3.05) is 6.54 Å². The molecule has 0 atom stereocenters. The van der Waals surface area contributed by atoms with E-state index in [9.17, 15) is 8.42 Å². The highest BCUT2D eigenvalue weighted by atomic mass is 32.2. The van der Waals surface area contributed by atoms with Gasteiger partial charge in [0.1, 0.15) is 0 Å². The summed E-state index contributed by atoms with van der Waals surface area (Å²) in [6, 6.07) is 5.01. The molecule has 0 aliphatic rings. The van der Waals surface area contributed by atoms with Crippen LogP contribution in [0.1, 0.15) is 21.8 Å². The lowest BCUT2D eigenvalue weighted by Crippen LogP contribution is -2.26. The molecule has 3 N–H and O–H groups in total. The van der Waals surface area contributed by atoms with E-state index in [0.29, 0.717) is 19.5 Å². The maximum atomic E-state index is 12.2. The first kappa shape index (κ1) is 16.1. The number of hydrogen-bond acceptors (Lipinski definition) is 5. The standard InChI is InChI=1S/C14H19N3O2S2/c1-10-3-4-13(7-12(10)8-15)21(18,19)16-6-5-14-17-11(2)9-20-14/h3-4,7,9,16H,5-6,8,15H2,1-2H3. The summed E-state index contributed by atoms with van der Waals surface area (Å²) in [5, 5.41) is 2.89. The Morgan fingerprint density at radius 2 is 2.10 bits per heavy atom. The summed E-state index contributed by atoms with van der Waals surface area (Å²) >= 11 is 1.54. The molecule has 1 aromatic carbocycles. The summed E-state index contributed by atoms with van der Waals surface area (Å²) in [4.78, 5) is 4.56. The molecule has 0 radical (unpaired) electrons. The Morgan fingerprint density at radius 3 is 2.71 bits per heavy atom. The molecule has 7 heteroatoms. The first-order valence-electron chi connectivity index (χ1n) is 6.62. The molecule has 0 amide bonds. The Morgan fingerprint density at radius 1 is 1.33 bits per heavy atom. The molecule has 5 nitrogen and oxygen atoms in total. The molecule has 0 fully saturated rings. The molecule has 0 aliphatic heterocycles. The van der Waals surface area contributed by atoms with Crippen LogP contribution in [0.15, 0.2) is 28.5 Å². The van der Waals surface area contributed by atoms with Crippen molar-refractivity contribution in [1.29, 1.82) is 0 Å². The number of sulfonamides is 1. The molecule has 0 saturated heterocycles. The summed E-state index contributed by atoms with van der Waals surface area (Å²) < 4.78 is 27.1. The number of aryl methyl sites for hydroxylation is 2. The Bertz CT molecular complexity index is 724. The number of nitrogens with zero attached hydrogens (tertiary/aromatic N) is 1. The predicted molar refractivity (Wildman–Crippen MR) is 84.8 cm³/mol. The third-order valence-electron chi connectivity index (χ3n) is 3.15. The first-order chi connectivity index (χ1) is 9.92. The number of benzene rings is 1. The summed E-state index contributed by atoms with van der Waals surface area (Å²) in [5.74, 6) is 0. The molecule has 2 rings (SSSR count). The topological polar surface area (TPSA) is 85.1 Å². The Hall–Kier alpha value is -1.28. The highest BCUT2D eigenvalue weighted by molar-refractivity contribution is 7.89. The highest BCUT2D eigenvalue weighted by Crippen LogP contribution is 2.15. The minimum absolute atomic E-state index is 0.254. The summed E-state index contributed by atoms with van der Waals surface area (Å²) in [7, 11) is -3.50. The van der Waals surface area contributed by atoms with E-state index in [4.69, 9.17) is 5.73 Å². The van der Waals surface area contributed by atoms with Gasteiger partial charge in [-0.2, -0.15) is 0 Å². The number of hydrogen-bond donors (Lipinski definition) is 2. The van der Waals surface area contributed by atoms with Gasteiger partial charge in [-0.15, -0.1) is 11.3 Å². The van der Waals surface area contributed by atoms with Gasteiger partial charge in [0.2, 0.25) is 10.0 Å². The molecule has 1 aromatic heterocycles. The van der Waals surface area contributed by atoms with Crippen LogP contribution in [-0.2, 0) is 23.0 Å². The van der Waals surface area contributed by atoms with Crippen LogP contribution in [0.4, 0.5) is 0 Å². The molecule has 0 aliphatic carbocycles. The zero-order valence-electron chi connectivity index (χ0n) is 12.1. The SMILES string of the molecule is Cc1csc(CCNS(=O)(=O)c2ccc(C)c(CN)c2)n1. The van der Waals surface area contributed by atoms with Gasteiger partial charge in [-0.3, -0.25) is 0 Å². The zero-order valence-corrected chi connectivity index (χ0v) is 13.7. The molecule has 0 saturated carbocycles. The second kappa shape index (κ2) is 6.65. The molecule has 0 spiro atoms. The van der Waals surface area contributed by atoms with Crippen LogP contribution in [0, 0.1) is 13.8 Å². The molecule has 114 valence electrons. The van der Waals surface area contributed by atoms with E-state index in [2.05, 4.69) is 9.71 Å². The van der Waals surface area contributed by atoms with E-state index in [-0.39, 0.29) is 4.90 Å². The average Bonchev–Trinajstić information content (AvgIpc) is 2.84. The number of nitrogens with one attached hydrogen (secondary N) is 1. The van der Waals surface area contributed by atoms with Gasteiger partial charge >= 0.3 is 0 Å². The number of thiazole rings is 1. The smallest absolute Gasteiger partial charge is 0.240 e. The zero-order chi connectivity index (χ0) is 15.5. The lowest BCUT2D eigenvalue weighted by Gasteiger charge is -2.09. The van der Waals surface area contributed by atoms with Gasteiger partial charge < -0.3 is 5.73 Å². The molecule has 2 aromatic rings. The lowest BCUT2D eigenvalue weighted by molar-refractivity contribution is 0.581. The van der Waals surface area contributed by atoms with Crippen molar-refractivity contribution in [2.24, 2.45) is 5.73 Å². The lowest BCUT2D eigenvalue weighted by atomic mass is 10.1. The molecule has 0 unspecified atom stereocenters. The van der Waals surface area contributed by atoms with Gasteiger partial charge in [0.15, 0.2) is 0 Å². The largest absolute Gasteiger partial charge is 0.326 e. The minimum Gasteiger partial charge on any atom is -0.326 e. The van der Waals surface area contributed by atoms with Crippen LogP contribution in [0.5, 0.6) is 0 Å². The summed E-state index contributed by atoms with van der Waals surface area (Å²) in [5.41, 5.74) is 8.42. The maximum Gasteiger partial charge on any atom is 0.240 e. The van der Waals surface area contributed by atoms with E-state index < -0.39 is 10.0 Å². The van der Waals surface area contributed by atoms with Gasteiger partial charge in [0.05, 0.1) is 9.90 Å². The third-order valence-corrected chi connectivity index (χ3v) is 5.63. The Kier molecular flexibility index (Phi) is 5.10. The third kappa shape index (κ3) is 4.10. The van der Waals surface area contributed by atoms with Gasteiger partial charge in [0.25, 0.3) is 0 Å². The van der Waals surface area contributed by atoms with Crippen molar-refractivity contribution in [3.63, 3.8) is 0 Å². The van der Waals surface area contributed by atoms with Gasteiger partial charge in [0, 0.05) is 30.6 Å². The quantitative estimate of drug-likeness (QED) is 0.847. The fourth-order valence-corrected chi connectivity index (χ4v) is 3.79. The second-order valence-corrected chi connectivity index (χ2v) is 7.53. The van der Waals surface area contributed by atoms with E-state index in [0.717, 1.165) is 21.8 Å². The van der Waals surface area contributed by atoms with Crippen molar-refractivity contribution in [3.05, 3.63) is 45.4 Å². The highest BCUT2D eigenvalue weighted by Gasteiger charge is 2.14. The summed E-state index contributed by atoms with van der Waals surface area (Å²) in [6.07, 6.45) is 0.591.